The first-order valence-corrected chi connectivity index (χ1v) is 10.7. The zero-order valence-electron chi connectivity index (χ0n) is 18.1. The summed E-state index contributed by atoms with van der Waals surface area (Å²) in [5.41, 5.74) is 10.9. The van der Waals surface area contributed by atoms with E-state index >= 15 is 0 Å². The molecule has 4 aromatic rings. The summed E-state index contributed by atoms with van der Waals surface area (Å²) < 4.78 is 14.3. The fourth-order valence-electron chi connectivity index (χ4n) is 4.49. The third kappa shape index (κ3) is 3.93. The Hall–Kier alpha value is -4.13. The Kier molecular flexibility index (Phi) is 5.30. The summed E-state index contributed by atoms with van der Waals surface area (Å²) in [7, 11) is 0. The Morgan fingerprint density at radius 1 is 1.09 bits per heavy atom. The highest BCUT2D eigenvalue weighted by Gasteiger charge is 2.37. The quantitative estimate of drug-likeness (QED) is 0.506. The molecular formula is C26H22FN5O. The van der Waals surface area contributed by atoms with Crippen molar-refractivity contribution in [2.45, 2.75) is 25.9 Å². The van der Waals surface area contributed by atoms with Crippen LogP contribution in [0.1, 0.15) is 38.9 Å². The van der Waals surface area contributed by atoms with Gasteiger partial charge >= 0.3 is 0 Å². The van der Waals surface area contributed by atoms with Crippen molar-refractivity contribution in [2.24, 2.45) is 0 Å². The molecule has 1 atom stereocenters. The molecule has 1 unspecified atom stereocenters. The maximum Gasteiger partial charge on any atom is 0.258 e. The van der Waals surface area contributed by atoms with E-state index in [-0.39, 0.29) is 23.7 Å². The molecule has 2 aromatic heterocycles. The summed E-state index contributed by atoms with van der Waals surface area (Å²) in [5.74, 6) is -0.373. The minimum atomic E-state index is -0.366. The Bertz CT molecular complexity index is 1330. The van der Waals surface area contributed by atoms with Gasteiger partial charge in [-0.25, -0.2) is 14.4 Å². The lowest BCUT2D eigenvalue weighted by molar-refractivity contribution is 0.0625. The number of halogens is 1. The monoisotopic (exact) mass is 439 g/mol. The number of carbonyl (C=O) groups is 1. The second-order valence-corrected chi connectivity index (χ2v) is 8.10. The molecule has 0 fully saturated rings. The predicted octanol–water partition coefficient (Wildman–Crippen LogP) is 4.51. The number of hydrogen-bond acceptors (Lipinski definition) is 5. The second kappa shape index (κ2) is 8.43. The smallest absolute Gasteiger partial charge is 0.258 e. The molecule has 33 heavy (non-hydrogen) atoms. The Balaban J connectivity index is 1.68. The van der Waals surface area contributed by atoms with Crippen molar-refractivity contribution >= 4 is 11.9 Å². The van der Waals surface area contributed by atoms with Gasteiger partial charge < -0.3 is 10.6 Å². The van der Waals surface area contributed by atoms with Crippen LogP contribution < -0.4 is 5.73 Å². The van der Waals surface area contributed by atoms with Crippen LogP contribution in [0.15, 0.2) is 73.1 Å². The number of hydrogen-bond donors (Lipinski definition) is 1. The lowest BCUT2D eigenvalue weighted by Gasteiger charge is -2.38. The van der Waals surface area contributed by atoms with Gasteiger partial charge in [-0.05, 0) is 41.8 Å². The molecule has 2 aromatic carbocycles. The van der Waals surface area contributed by atoms with E-state index in [0.29, 0.717) is 35.5 Å². The van der Waals surface area contributed by atoms with Crippen molar-refractivity contribution in [2.75, 3.05) is 5.73 Å². The van der Waals surface area contributed by atoms with Crippen LogP contribution in [0.3, 0.4) is 0 Å². The van der Waals surface area contributed by atoms with Gasteiger partial charge in [0.2, 0.25) is 5.95 Å². The van der Waals surface area contributed by atoms with Crippen LogP contribution in [0, 0.1) is 12.7 Å². The average molecular weight is 439 g/mol. The molecule has 5 rings (SSSR count). The van der Waals surface area contributed by atoms with Gasteiger partial charge in [-0.3, -0.25) is 9.78 Å². The number of nitrogen functional groups attached to an aromatic ring is 1. The minimum absolute atomic E-state index is 0.140. The van der Waals surface area contributed by atoms with Gasteiger partial charge in [0, 0.05) is 30.9 Å². The van der Waals surface area contributed by atoms with E-state index in [2.05, 4.69) is 15.0 Å². The van der Waals surface area contributed by atoms with E-state index in [4.69, 9.17) is 5.73 Å². The molecule has 1 aliphatic rings. The zero-order valence-corrected chi connectivity index (χ0v) is 18.1. The summed E-state index contributed by atoms with van der Waals surface area (Å²) in [6, 6.07) is 17.8. The number of aromatic nitrogens is 3. The van der Waals surface area contributed by atoms with Crippen LogP contribution in [0.5, 0.6) is 0 Å². The molecule has 6 nitrogen and oxygen atoms in total. The van der Waals surface area contributed by atoms with Crippen LogP contribution in [0.2, 0.25) is 0 Å². The van der Waals surface area contributed by atoms with Crippen molar-refractivity contribution in [3.8, 4) is 11.1 Å². The Morgan fingerprint density at radius 3 is 2.67 bits per heavy atom. The second-order valence-electron chi connectivity index (χ2n) is 8.10. The van der Waals surface area contributed by atoms with E-state index < -0.39 is 0 Å². The topological polar surface area (TPSA) is 85.0 Å². The van der Waals surface area contributed by atoms with E-state index in [9.17, 15) is 9.18 Å². The molecule has 0 saturated carbocycles. The van der Waals surface area contributed by atoms with E-state index in [1.165, 1.54) is 12.1 Å². The van der Waals surface area contributed by atoms with Crippen molar-refractivity contribution in [3.05, 3.63) is 107 Å². The molecule has 0 bridgehead atoms. The van der Waals surface area contributed by atoms with Gasteiger partial charge in [0.1, 0.15) is 5.82 Å². The summed E-state index contributed by atoms with van der Waals surface area (Å²) in [4.78, 5) is 28.4. The highest BCUT2D eigenvalue weighted by molar-refractivity contribution is 5.98. The molecule has 0 saturated heterocycles. The van der Waals surface area contributed by atoms with E-state index in [1.54, 1.807) is 25.4 Å². The van der Waals surface area contributed by atoms with Crippen LogP contribution >= 0.6 is 0 Å². The van der Waals surface area contributed by atoms with Gasteiger partial charge in [0.15, 0.2) is 0 Å². The number of benzene rings is 2. The lowest BCUT2D eigenvalue weighted by Crippen LogP contribution is -2.41. The third-order valence-electron chi connectivity index (χ3n) is 5.96. The third-order valence-corrected chi connectivity index (χ3v) is 5.96. The van der Waals surface area contributed by atoms with Crippen LogP contribution in [0.4, 0.5) is 10.3 Å². The largest absolute Gasteiger partial charge is 0.368 e. The number of fused-ring (bicyclic) bond motifs is 1. The first-order chi connectivity index (χ1) is 16.0. The summed E-state index contributed by atoms with van der Waals surface area (Å²) in [5, 5.41) is 0. The normalized spacial score (nSPS) is 15.4. The predicted molar refractivity (Wildman–Crippen MR) is 124 cm³/mol. The van der Waals surface area contributed by atoms with E-state index in [0.717, 1.165) is 16.7 Å². The molecule has 2 N–H and O–H groups in total. The van der Waals surface area contributed by atoms with Crippen molar-refractivity contribution in [1.82, 2.24) is 19.9 Å². The van der Waals surface area contributed by atoms with Crippen LogP contribution in [-0.2, 0) is 13.0 Å². The van der Waals surface area contributed by atoms with Crippen molar-refractivity contribution in [1.29, 1.82) is 0 Å². The molecule has 0 spiro atoms. The standard InChI is InChI=1S/C26H22FN5O/c1-16-24-22(31-26(28)30-16)13-23(32(25(24)33)15-17-6-3-2-4-7-17)20-10-9-19(27)12-21(20)18-8-5-11-29-14-18/h2-12,14,23H,13,15H2,1H3,(H2,28,30,31). The van der Waals surface area contributed by atoms with Gasteiger partial charge in [0.25, 0.3) is 5.91 Å². The molecule has 7 heteroatoms. The van der Waals surface area contributed by atoms with Gasteiger partial charge in [-0.1, -0.05) is 42.5 Å². The van der Waals surface area contributed by atoms with Crippen molar-refractivity contribution in [3.63, 3.8) is 0 Å². The molecule has 1 amide bonds. The molecular weight excluding hydrogens is 417 g/mol. The first kappa shape index (κ1) is 20.8. The fraction of sp³-hybridized carbons (Fsp3) is 0.154. The maximum atomic E-state index is 14.3. The first-order valence-electron chi connectivity index (χ1n) is 10.7. The van der Waals surface area contributed by atoms with Crippen LogP contribution in [0.25, 0.3) is 11.1 Å². The lowest BCUT2D eigenvalue weighted by atomic mass is 9.87. The number of amides is 1. The van der Waals surface area contributed by atoms with E-state index in [1.807, 2.05) is 47.4 Å². The Labute approximate surface area is 191 Å². The Morgan fingerprint density at radius 2 is 1.91 bits per heavy atom. The average Bonchev–Trinajstić information content (AvgIpc) is 2.81. The van der Waals surface area contributed by atoms with Crippen LogP contribution in [-0.4, -0.2) is 25.8 Å². The SMILES string of the molecule is Cc1nc(N)nc2c1C(=O)N(Cc1ccccc1)C(c1ccc(F)cc1-c1cccnc1)C2. The highest BCUT2D eigenvalue weighted by Crippen LogP contribution is 2.39. The molecule has 0 aliphatic carbocycles. The molecule has 164 valence electrons. The summed E-state index contributed by atoms with van der Waals surface area (Å²) >= 11 is 0. The highest BCUT2D eigenvalue weighted by atomic mass is 19.1. The number of aryl methyl sites for hydroxylation is 1. The zero-order chi connectivity index (χ0) is 22.9. The van der Waals surface area contributed by atoms with Gasteiger partial charge in [-0.15, -0.1) is 0 Å². The number of pyridine rings is 1. The number of nitrogens with two attached hydrogens (primary N) is 1. The molecule has 1 aliphatic heterocycles. The summed E-state index contributed by atoms with van der Waals surface area (Å²) in [6.45, 7) is 2.17. The molecule has 3 heterocycles. The van der Waals surface area contributed by atoms with Gasteiger partial charge in [0.05, 0.1) is 23.0 Å². The number of rotatable bonds is 4. The number of carbonyl (C=O) groups excluding carboxylic acids is 1. The minimum Gasteiger partial charge on any atom is -0.368 e. The van der Waals surface area contributed by atoms with Crippen molar-refractivity contribution < 1.29 is 9.18 Å². The number of anilines is 1. The molecule has 0 radical (unpaired) electrons. The fourth-order valence-corrected chi connectivity index (χ4v) is 4.49. The maximum absolute atomic E-state index is 14.3. The van der Waals surface area contributed by atoms with Gasteiger partial charge in [-0.2, -0.15) is 0 Å². The number of nitrogens with zero attached hydrogens (tertiary/aromatic N) is 4. The summed E-state index contributed by atoms with van der Waals surface area (Å²) in [6.07, 6.45) is 3.82.